The zero-order valence-electron chi connectivity index (χ0n) is 9.93. The van der Waals surface area contributed by atoms with Crippen molar-refractivity contribution in [2.45, 2.75) is 18.6 Å². The molecule has 0 aliphatic rings. The summed E-state index contributed by atoms with van der Waals surface area (Å²) >= 11 is 0. The van der Waals surface area contributed by atoms with E-state index in [1.165, 1.54) is 0 Å². The highest BCUT2D eigenvalue weighted by atomic mass is 32.2. The summed E-state index contributed by atoms with van der Waals surface area (Å²) in [6, 6.07) is 6.53. The molecule has 0 aliphatic carbocycles. The lowest BCUT2D eigenvalue weighted by Gasteiger charge is -2.05. The van der Waals surface area contributed by atoms with E-state index in [0.29, 0.717) is 24.1 Å². The van der Waals surface area contributed by atoms with Crippen LogP contribution in [0, 0.1) is 0 Å². The van der Waals surface area contributed by atoms with Gasteiger partial charge in [0.25, 0.3) is 0 Å². The third kappa shape index (κ3) is 5.60. The highest BCUT2D eigenvalue weighted by Crippen LogP contribution is 2.11. The Kier molecular flexibility index (Phi) is 5.06. The lowest BCUT2D eigenvalue weighted by atomic mass is 10.2. The van der Waals surface area contributed by atoms with Crippen LogP contribution in [0.1, 0.15) is 18.4 Å². The van der Waals surface area contributed by atoms with E-state index in [4.69, 9.17) is 5.14 Å². The van der Waals surface area contributed by atoms with Gasteiger partial charge in [-0.05, 0) is 24.1 Å². The molecule has 0 saturated heterocycles. The number of amides is 1. The highest BCUT2D eigenvalue weighted by Gasteiger charge is 2.05. The predicted molar refractivity (Wildman–Crippen MR) is 71.3 cm³/mol. The number of primary sulfonamides is 1. The van der Waals surface area contributed by atoms with Gasteiger partial charge in [-0.3, -0.25) is 4.79 Å². The van der Waals surface area contributed by atoms with Crippen molar-refractivity contribution in [1.29, 1.82) is 0 Å². The third-order valence-electron chi connectivity index (χ3n) is 2.18. The number of nitrogens with two attached hydrogens (primary N) is 1. The topological polar surface area (TPSA) is 89.3 Å². The first-order chi connectivity index (χ1) is 8.40. The molecule has 0 saturated carbocycles. The van der Waals surface area contributed by atoms with Crippen LogP contribution in [0.25, 0.3) is 0 Å². The molecule has 0 fully saturated rings. The molecule has 6 heteroatoms. The Labute approximate surface area is 107 Å². The monoisotopic (exact) mass is 268 g/mol. The lowest BCUT2D eigenvalue weighted by Crippen LogP contribution is -2.14. The van der Waals surface area contributed by atoms with Gasteiger partial charge in [0.2, 0.25) is 15.9 Å². The van der Waals surface area contributed by atoms with Crippen molar-refractivity contribution in [2.24, 2.45) is 5.14 Å². The van der Waals surface area contributed by atoms with Crippen molar-refractivity contribution >= 4 is 21.6 Å². The van der Waals surface area contributed by atoms with Gasteiger partial charge >= 0.3 is 0 Å². The molecule has 0 heterocycles. The molecule has 5 nitrogen and oxygen atoms in total. The van der Waals surface area contributed by atoms with Gasteiger partial charge in [0, 0.05) is 12.1 Å². The Morgan fingerprint density at radius 1 is 1.33 bits per heavy atom. The van der Waals surface area contributed by atoms with Gasteiger partial charge in [-0.1, -0.05) is 18.2 Å². The summed E-state index contributed by atoms with van der Waals surface area (Å²) in [5, 5.41) is 7.63. The van der Waals surface area contributed by atoms with Gasteiger partial charge in [0.05, 0.1) is 5.75 Å². The molecule has 3 N–H and O–H groups in total. The molecule has 0 bridgehead atoms. The van der Waals surface area contributed by atoms with E-state index in [1.54, 1.807) is 30.3 Å². The second-order valence-corrected chi connectivity index (χ2v) is 5.49. The predicted octanol–water partition coefficient (Wildman–Crippen LogP) is 1.38. The summed E-state index contributed by atoms with van der Waals surface area (Å²) in [6.07, 6.45) is 2.67. The second-order valence-electron chi connectivity index (χ2n) is 3.88. The van der Waals surface area contributed by atoms with Crippen LogP contribution in [0.2, 0.25) is 0 Å². The molecule has 0 radical (unpaired) electrons. The van der Waals surface area contributed by atoms with E-state index in [9.17, 15) is 13.2 Å². The quantitative estimate of drug-likeness (QED) is 0.764. The fraction of sp³-hybridized carbons (Fsp3) is 0.250. The molecule has 0 aliphatic heterocycles. The highest BCUT2D eigenvalue weighted by molar-refractivity contribution is 7.88. The lowest BCUT2D eigenvalue weighted by molar-refractivity contribution is -0.116. The summed E-state index contributed by atoms with van der Waals surface area (Å²) in [7, 11) is -3.52. The maximum atomic E-state index is 11.4. The molecule has 0 aromatic heterocycles. The standard InChI is InChI=1S/C12H16N2O3S/c1-2-3-4-12(15)14-11-7-5-10(6-8-11)9-18(13,16)17/h2,5-8H,1,3-4,9H2,(H,14,15)(H2,13,16,17). The van der Waals surface area contributed by atoms with Crippen LogP contribution in [0.4, 0.5) is 5.69 Å². The van der Waals surface area contributed by atoms with Crippen molar-refractivity contribution in [2.75, 3.05) is 5.32 Å². The number of carbonyl (C=O) groups is 1. The third-order valence-corrected chi connectivity index (χ3v) is 2.92. The van der Waals surface area contributed by atoms with Gasteiger partial charge in [-0.25, -0.2) is 13.6 Å². The molecular weight excluding hydrogens is 252 g/mol. The molecule has 0 unspecified atom stereocenters. The van der Waals surface area contributed by atoms with Crippen LogP contribution in [0.5, 0.6) is 0 Å². The van der Waals surface area contributed by atoms with Gasteiger partial charge in [0.15, 0.2) is 0 Å². The van der Waals surface area contributed by atoms with E-state index >= 15 is 0 Å². The summed E-state index contributed by atoms with van der Waals surface area (Å²) in [5.41, 5.74) is 1.21. The Morgan fingerprint density at radius 3 is 2.44 bits per heavy atom. The Hall–Kier alpha value is -1.66. The van der Waals surface area contributed by atoms with Crippen molar-refractivity contribution in [3.63, 3.8) is 0 Å². The molecule has 18 heavy (non-hydrogen) atoms. The molecule has 1 rings (SSSR count). The van der Waals surface area contributed by atoms with Crippen LogP contribution < -0.4 is 10.5 Å². The number of hydrogen-bond acceptors (Lipinski definition) is 3. The van der Waals surface area contributed by atoms with Crippen molar-refractivity contribution in [3.8, 4) is 0 Å². The Balaban J connectivity index is 2.60. The van der Waals surface area contributed by atoms with Crippen molar-refractivity contribution < 1.29 is 13.2 Å². The van der Waals surface area contributed by atoms with Crippen LogP contribution in [-0.2, 0) is 20.6 Å². The smallest absolute Gasteiger partial charge is 0.224 e. The van der Waals surface area contributed by atoms with E-state index in [0.717, 1.165) is 0 Å². The van der Waals surface area contributed by atoms with E-state index in [-0.39, 0.29) is 11.7 Å². The van der Waals surface area contributed by atoms with Crippen LogP contribution >= 0.6 is 0 Å². The first-order valence-corrected chi connectivity index (χ1v) is 7.12. The number of anilines is 1. The molecule has 1 aromatic rings. The summed E-state index contributed by atoms with van der Waals surface area (Å²) < 4.78 is 21.8. The number of hydrogen-bond donors (Lipinski definition) is 2. The van der Waals surface area contributed by atoms with Crippen molar-refractivity contribution in [3.05, 3.63) is 42.5 Å². The molecule has 0 atom stereocenters. The van der Waals surface area contributed by atoms with Crippen LogP contribution in [-0.4, -0.2) is 14.3 Å². The SMILES string of the molecule is C=CCCC(=O)Nc1ccc(CS(N)(=O)=O)cc1. The largest absolute Gasteiger partial charge is 0.326 e. The maximum Gasteiger partial charge on any atom is 0.224 e. The number of nitrogens with one attached hydrogen (secondary N) is 1. The normalized spacial score (nSPS) is 10.9. The van der Waals surface area contributed by atoms with E-state index in [2.05, 4.69) is 11.9 Å². The maximum absolute atomic E-state index is 11.4. The minimum absolute atomic E-state index is 0.103. The number of sulfonamides is 1. The fourth-order valence-corrected chi connectivity index (χ4v) is 2.03. The Morgan fingerprint density at radius 2 is 1.94 bits per heavy atom. The van der Waals surface area contributed by atoms with Crippen LogP contribution in [0.3, 0.4) is 0 Å². The molecule has 1 aromatic carbocycles. The zero-order valence-corrected chi connectivity index (χ0v) is 10.7. The summed E-state index contributed by atoms with van der Waals surface area (Å²) in [4.78, 5) is 11.4. The van der Waals surface area contributed by atoms with Crippen molar-refractivity contribution in [1.82, 2.24) is 0 Å². The minimum atomic E-state index is -3.52. The molecule has 1 amide bonds. The van der Waals surface area contributed by atoms with Gasteiger partial charge in [-0.2, -0.15) is 0 Å². The average Bonchev–Trinajstić information content (AvgIpc) is 2.27. The number of allylic oxidation sites excluding steroid dienone is 1. The van der Waals surface area contributed by atoms with E-state index < -0.39 is 10.0 Å². The Bertz CT molecular complexity index is 521. The van der Waals surface area contributed by atoms with Crippen LogP contribution in [0.15, 0.2) is 36.9 Å². The number of rotatable bonds is 6. The number of benzene rings is 1. The number of carbonyl (C=O) groups excluding carboxylic acids is 1. The molecule has 98 valence electrons. The zero-order chi connectivity index (χ0) is 13.6. The first-order valence-electron chi connectivity index (χ1n) is 5.41. The van der Waals surface area contributed by atoms with E-state index in [1.807, 2.05) is 0 Å². The first kappa shape index (κ1) is 14.4. The van der Waals surface area contributed by atoms with Gasteiger partial charge in [0.1, 0.15) is 0 Å². The average molecular weight is 268 g/mol. The second kappa shape index (κ2) is 6.32. The summed E-state index contributed by atoms with van der Waals surface area (Å²) in [5.74, 6) is -0.313. The minimum Gasteiger partial charge on any atom is -0.326 e. The fourth-order valence-electron chi connectivity index (χ4n) is 1.37. The molecule has 0 spiro atoms. The van der Waals surface area contributed by atoms with Gasteiger partial charge < -0.3 is 5.32 Å². The molecular formula is C12H16N2O3S. The van der Waals surface area contributed by atoms with Gasteiger partial charge in [-0.15, -0.1) is 6.58 Å². The summed E-state index contributed by atoms with van der Waals surface area (Å²) in [6.45, 7) is 3.54.